The zero-order valence-corrected chi connectivity index (χ0v) is 12.3. The zero-order valence-electron chi connectivity index (χ0n) is 12.3. The van der Waals surface area contributed by atoms with Crippen LogP contribution in [0, 0.1) is 0 Å². The minimum atomic E-state index is 0.185. The van der Waals surface area contributed by atoms with E-state index in [1.165, 1.54) is 22.3 Å². The van der Waals surface area contributed by atoms with E-state index in [1.54, 1.807) is 0 Å². The molecule has 0 bridgehead atoms. The Bertz CT molecular complexity index is 847. The molecule has 0 aliphatic heterocycles. The monoisotopic (exact) mass is 284 g/mol. The number of hydrogen-bond acceptors (Lipinski definition) is 1. The molecule has 1 heteroatoms. The van der Waals surface area contributed by atoms with E-state index < -0.39 is 0 Å². The number of carbonyl (C=O) groups is 1. The van der Waals surface area contributed by atoms with E-state index in [1.807, 2.05) is 30.3 Å². The van der Waals surface area contributed by atoms with E-state index >= 15 is 0 Å². The molecule has 0 saturated carbocycles. The Morgan fingerprint density at radius 1 is 0.773 bits per heavy atom. The summed E-state index contributed by atoms with van der Waals surface area (Å²) < 4.78 is 0. The number of rotatable bonds is 3. The maximum atomic E-state index is 12.5. The van der Waals surface area contributed by atoms with E-state index in [9.17, 15) is 4.79 Å². The molecule has 4 rings (SSSR count). The van der Waals surface area contributed by atoms with Crippen molar-refractivity contribution >= 4 is 5.78 Å². The second-order valence-electron chi connectivity index (χ2n) is 5.74. The van der Waals surface area contributed by atoms with Crippen molar-refractivity contribution in [2.75, 3.05) is 0 Å². The van der Waals surface area contributed by atoms with Gasteiger partial charge in [-0.15, -0.1) is 0 Å². The Morgan fingerprint density at radius 3 is 2.36 bits per heavy atom. The van der Waals surface area contributed by atoms with Crippen LogP contribution in [0.1, 0.15) is 27.0 Å². The lowest BCUT2D eigenvalue weighted by atomic mass is 9.95. The highest BCUT2D eigenvalue weighted by Crippen LogP contribution is 2.38. The van der Waals surface area contributed by atoms with Crippen molar-refractivity contribution in [3.63, 3.8) is 0 Å². The number of ketones is 1. The van der Waals surface area contributed by atoms with Gasteiger partial charge in [0, 0.05) is 12.0 Å². The SMILES string of the molecule is O=C(Cc1cccc2c1Cc1ccccc1-2)c1ccccc1. The normalized spacial score (nSPS) is 11.8. The largest absolute Gasteiger partial charge is 0.294 e. The van der Waals surface area contributed by atoms with Gasteiger partial charge in [-0.25, -0.2) is 0 Å². The lowest BCUT2D eigenvalue weighted by Crippen LogP contribution is -2.05. The fourth-order valence-corrected chi connectivity index (χ4v) is 3.29. The van der Waals surface area contributed by atoms with Crippen molar-refractivity contribution in [2.24, 2.45) is 0 Å². The van der Waals surface area contributed by atoms with Gasteiger partial charge in [-0.05, 0) is 34.2 Å². The summed E-state index contributed by atoms with van der Waals surface area (Å²) in [6.45, 7) is 0. The molecule has 0 fully saturated rings. The van der Waals surface area contributed by atoms with Crippen molar-refractivity contribution < 1.29 is 4.79 Å². The van der Waals surface area contributed by atoms with E-state index in [0.29, 0.717) is 6.42 Å². The Balaban J connectivity index is 1.70. The second-order valence-corrected chi connectivity index (χ2v) is 5.74. The maximum absolute atomic E-state index is 12.5. The van der Waals surface area contributed by atoms with Gasteiger partial charge in [-0.1, -0.05) is 72.8 Å². The lowest BCUT2D eigenvalue weighted by Gasteiger charge is -2.08. The third kappa shape index (κ3) is 2.15. The van der Waals surface area contributed by atoms with Crippen molar-refractivity contribution in [2.45, 2.75) is 12.8 Å². The molecule has 0 atom stereocenters. The highest BCUT2D eigenvalue weighted by Gasteiger charge is 2.21. The van der Waals surface area contributed by atoms with Crippen molar-refractivity contribution in [3.8, 4) is 11.1 Å². The molecule has 0 heterocycles. The number of fused-ring (bicyclic) bond motifs is 3. The number of carbonyl (C=O) groups excluding carboxylic acids is 1. The average Bonchev–Trinajstić information content (AvgIpc) is 2.95. The number of hydrogen-bond donors (Lipinski definition) is 0. The third-order valence-electron chi connectivity index (χ3n) is 4.39. The summed E-state index contributed by atoms with van der Waals surface area (Å²) in [6.07, 6.45) is 1.41. The molecule has 0 amide bonds. The van der Waals surface area contributed by atoms with Gasteiger partial charge in [0.05, 0.1) is 0 Å². The molecule has 3 aromatic rings. The first-order valence-corrected chi connectivity index (χ1v) is 7.60. The molecule has 1 aliphatic carbocycles. The summed E-state index contributed by atoms with van der Waals surface area (Å²) >= 11 is 0. The van der Waals surface area contributed by atoms with Crippen molar-refractivity contribution in [1.29, 1.82) is 0 Å². The summed E-state index contributed by atoms with van der Waals surface area (Å²) in [4.78, 5) is 12.5. The van der Waals surface area contributed by atoms with Gasteiger partial charge in [0.1, 0.15) is 0 Å². The van der Waals surface area contributed by atoms with Gasteiger partial charge in [-0.2, -0.15) is 0 Å². The fraction of sp³-hybridized carbons (Fsp3) is 0.0952. The molecule has 0 N–H and O–H groups in total. The van der Waals surface area contributed by atoms with Gasteiger partial charge in [0.25, 0.3) is 0 Å². The molecular weight excluding hydrogens is 268 g/mol. The van der Waals surface area contributed by atoms with E-state index in [-0.39, 0.29) is 5.78 Å². The second kappa shape index (κ2) is 5.27. The Hall–Kier alpha value is -2.67. The highest BCUT2D eigenvalue weighted by atomic mass is 16.1. The Labute approximate surface area is 130 Å². The summed E-state index contributed by atoms with van der Waals surface area (Å²) in [6, 6.07) is 24.4. The fourth-order valence-electron chi connectivity index (χ4n) is 3.29. The Morgan fingerprint density at radius 2 is 1.50 bits per heavy atom. The van der Waals surface area contributed by atoms with Crippen LogP contribution >= 0.6 is 0 Å². The predicted octanol–water partition coefficient (Wildman–Crippen LogP) is 4.68. The molecule has 0 radical (unpaired) electrons. The summed E-state index contributed by atoms with van der Waals surface area (Å²) in [5, 5.41) is 0. The smallest absolute Gasteiger partial charge is 0.167 e. The summed E-state index contributed by atoms with van der Waals surface area (Å²) in [5.41, 5.74) is 7.21. The number of Topliss-reactive ketones (excluding diaryl/α,β-unsaturated/α-hetero) is 1. The first-order valence-electron chi connectivity index (χ1n) is 7.60. The van der Waals surface area contributed by atoms with Crippen molar-refractivity contribution in [1.82, 2.24) is 0 Å². The van der Waals surface area contributed by atoms with Crippen LogP contribution in [0.2, 0.25) is 0 Å². The van der Waals surface area contributed by atoms with Crippen LogP contribution in [0.25, 0.3) is 11.1 Å². The summed E-state index contributed by atoms with van der Waals surface area (Å²) in [7, 11) is 0. The molecule has 1 aliphatic rings. The molecule has 1 nitrogen and oxygen atoms in total. The summed E-state index contributed by atoms with van der Waals surface area (Å²) in [5.74, 6) is 0.185. The first-order chi connectivity index (χ1) is 10.8. The van der Waals surface area contributed by atoms with Crippen LogP contribution in [0.4, 0.5) is 0 Å². The quantitative estimate of drug-likeness (QED) is 0.499. The van der Waals surface area contributed by atoms with Crippen LogP contribution < -0.4 is 0 Å². The van der Waals surface area contributed by atoms with Gasteiger partial charge < -0.3 is 0 Å². The molecule has 0 saturated heterocycles. The Kier molecular flexibility index (Phi) is 3.12. The van der Waals surface area contributed by atoms with Gasteiger partial charge in [0.2, 0.25) is 0 Å². The molecule has 106 valence electrons. The van der Waals surface area contributed by atoms with Crippen LogP contribution in [-0.2, 0) is 12.8 Å². The van der Waals surface area contributed by atoms with Gasteiger partial charge >= 0.3 is 0 Å². The topological polar surface area (TPSA) is 17.1 Å². The van der Waals surface area contributed by atoms with E-state index in [4.69, 9.17) is 0 Å². The predicted molar refractivity (Wildman–Crippen MR) is 89.2 cm³/mol. The van der Waals surface area contributed by atoms with E-state index in [2.05, 4.69) is 42.5 Å². The first kappa shape index (κ1) is 13.0. The van der Waals surface area contributed by atoms with Gasteiger partial charge in [0.15, 0.2) is 5.78 Å². The number of benzene rings is 3. The zero-order chi connectivity index (χ0) is 14.9. The van der Waals surface area contributed by atoms with Crippen LogP contribution in [0.15, 0.2) is 72.8 Å². The third-order valence-corrected chi connectivity index (χ3v) is 4.39. The van der Waals surface area contributed by atoms with E-state index in [0.717, 1.165) is 17.5 Å². The van der Waals surface area contributed by atoms with Crippen LogP contribution in [-0.4, -0.2) is 5.78 Å². The molecule has 3 aromatic carbocycles. The minimum absolute atomic E-state index is 0.185. The standard InChI is InChI=1S/C21H16O/c22-21(15-7-2-1-3-8-15)14-17-10-6-12-19-18-11-5-4-9-16(18)13-20(17)19/h1-12H,13-14H2. The van der Waals surface area contributed by atoms with Gasteiger partial charge in [-0.3, -0.25) is 4.79 Å². The average molecular weight is 284 g/mol. The molecular formula is C21H16O. The van der Waals surface area contributed by atoms with Crippen molar-refractivity contribution in [3.05, 3.63) is 95.1 Å². The molecule has 0 unspecified atom stereocenters. The lowest BCUT2D eigenvalue weighted by molar-refractivity contribution is 0.0993. The minimum Gasteiger partial charge on any atom is -0.294 e. The highest BCUT2D eigenvalue weighted by molar-refractivity contribution is 5.98. The maximum Gasteiger partial charge on any atom is 0.167 e. The van der Waals surface area contributed by atoms with Crippen LogP contribution in [0.5, 0.6) is 0 Å². The molecule has 0 spiro atoms. The van der Waals surface area contributed by atoms with Crippen LogP contribution in [0.3, 0.4) is 0 Å². The molecule has 0 aromatic heterocycles. The molecule has 22 heavy (non-hydrogen) atoms.